The maximum atomic E-state index is 12.5. The van der Waals surface area contributed by atoms with E-state index in [1.54, 1.807) is 0 Å². The van der Waals surface area contributed by atoms with Crippen LogP contribution in [0.5, 0.6) is 0 Å². The average Bonchev–Trinajstić information content (AvgIpc) is 3.23. The minimum Gasteiger partial charge on any atom is -0.394 e. The number of aliphatic hydroxyl groups is 1. The SMILES string of the molecule is CCC(CC)(CO)NC(=O)Nc1ccccc1N1CC2CCC1C2. The Morgan fingerprint density at radius 2 is 2.04 bits per heavy atom. The van der Waals surface area contributed by atoms with Gasteiger partial charge in [-0.2, -0.15) is 0 Å². The molecule has 2 unspecified atom stereocenters. The fourth-order valence-electron chi connectivity index (χ4n) is 4.13. The van der Waals surface area contributed by atoms with E-state index in [1.807, 2.05) is 32.0 Å². The van der Waals surface area contributed by atoms with Crippen LogP contribution in [0.15, 0.2) is 24.3 Å². The molecule has 1 aromatic carbocycles. The molecule has 1 aliphatic carbocycles. The van der Waals surface area contributed by atoms with Crippen LogP contribution in [0.25, 0.3) is 0 Å². The van der Waals surface area contributed by atoms with Crippen LogP contribution >= 0.6 is 0 Å². The second-order valence-electron chi connectivity index (χ2n) is 7.23. The molecule has 1 saturated carbocycles. The first-order valence-electron chi connectivity index (χ1n) is 9.16. The van der Waals surface area contributed by atoms with Gasteiger partial charge >= 0.3 is 6.03 Å². The molecule has 0 aromatic heterocycles. The molecule has 1 saturated heterocycles. The molecule has 2 fully saturated rings. The first-order valence-corrected chi connectivity index (χ1v) is 9.16. The standard InChI is InChI=1S/C19H29N3O2/c1-3-19(4-2,13-23)21-18(24)20-16-7-5-6-8-17(16)22-12-14-9-10-15(22)11-14/h5-8,14-15,23H,3-4,9-13H2,1-2H3,(H2,20,21,24). The Kier molecular flexibility index (Phi) is 4.99. The monoisotopic (exact) mass is 331 g/mol. The lowest BCUT2D eigenvalue weighted by Crippen LogP contribution is -2.52. The molecular weight excluding hydrogens is 302 g/mol. The minimum absolute atomic E-state index is 0.0506. The molecule has 3 N–H and O–H groups in total. The fourth-order valence-corrected chi connectivity index (χ4v) is 4.13. The van der Waals surface area contributed by atoms with Crippen molar-refractivity contribution in [3.63, 3.8) is 0 Å². The van der Waals surface area contributed by atoms with Gasteiger partial charge < -0.3 is 20.6 Å². The zero-order chi connectivity index (χ0) is 17.2. The Morgan fingerprint density at radius 1 is 1.29 bits per heavy atom. The summed E-state index contributed by atoms with van der Waals surface area (Å²) in [5.41, 5.74) is 1.41. The number of aliphatic hydroxyl groups excluding tert-OH is 1. The van der Waals surface area contributed by atoms with Gasteiger partial charge in [0.05, 0.1) is 23.5 Å². The zero-order valence-electron chi connectivity index (χ0n) is 14.7. The second kappa shape index (κ2) is 7.01. The maximum Gasteiger partial charge on any atom is 0.319 e. The third-order valence-electron chi connectivity index (χ3n) is 5.91. The molecule has 0 radical (unpaired) electrons. The number of para-hydroxylation sites is 2. The van der Waals surface area contributed by atoms with Crippen LogP contribution in [0, 0.1) is 5.92 Å². The highest BCUT2D eigenvalue weighted by Crippen LogP contribution is 2.42. The smallest absolute Gasteiger partial charge is 0.319 e. The highest BCUT2D eigenvalue weighted by Gasteiger charge is 2.38. The number of carbonyl (C=O) groups is 1. The molecule has 132 valence electrons. The number of fused-ring (bicyclic) bond motifs is 2. The molecule has 0 spiro atoms. The zero-order valence-corrected chi connectivity index (χ0v) is 14.7. The van der Waals surface area contributed by atoms with Crippen molar-refractivity contribution in [2.24, 2.45) is 5.92 Å². The number of piperidine rings is 1. The van der Waals surface area contributed by atoms with Gasteiger partial charge in [-0.05, 0) is 50.2 Å². The minimum atomic E-state index is -0.550. The summed E-state index contributed by atoms with van der Waals surface area (Å²) in [6, 6.07) is 8.40. The van der Waals surface area contributed by atoms with Crippen molar-refractivity contribution in [3.05, 3.63) is 24.3 Å². The van der Waals surface area contributed by atoms with Crippen LogP contribution in [0.3, 0.4) is 0 Å². The molecule has 1 aromatic rings. The number of amides is 2. The first-order chi connectivity index (χ1) is 11.6. The Hall–Kier alpha value is -1.75. The number of rotatable bonds is 6. The normalized spacial score (nSPS) is 22.7. The van der Waals surface area contributed by atoms with E-state index in [0.717, 1.165) is 23.8 Å². The highest BCUT2D eigenvalue weighted by molar-refractivity contribution is 5.93. The molecule has 2 amide bonds. The van der Waals surface area contributed by atoms with Crippen LogP contribution < -0.4 is 15.5 Å². The summed E-state index contributed by atoms with van der Waals surface area (Å²) in [5.74, 6) is 0.805. The number of carbonyl (C=O) groups excluding carboxylic acids is 1. The lowest BCUT2D eigenvalue weighted by atomic mass is 9.94. The average molecular weight is 331 g/mol. The van der Waals surface area contributed by atoms with Crippen LogP contribution in [-0.4, -0.2) is 35.9 Å². The number of benzene rings is 1. The van der Waals surface area contributed by atoms with Crippen LogP contribution in [-0.2, 0) is 0 Å². The molecule has 2 atom stereocenters. The van der Waals surface area contributed by atoms with Crippen molar-refractivity contribution >= 4 is 17.4 Å². The van der Waals surface area contributed by atoms with Crippen molar-refractivity contribution in [2.45, 2.75) is 57.5 Å². The summed E-state index contributed by atoms with van der Waals surface area (Å²) in [6.07, 6.45) is 5.27. The predicted molar refractivity (Wildman–Crippen MR) is 97.5 cm³/mol. The van der Waals surface area contributed by atoms with Crippen LogP contribution in [0.2, 0.25) is 0 Å². The van der Waals surface area contributed by atoms with Crippen LogP contribution in [0.1, 0.15) is 46.0 Å². The van der Waals surface area contributed by atoms with E-state index >= 15 is 0 Å². The van der Waals surface area contributed by atoms with Gasteiger partial charge in [-0.3, -0.25) is 0 Å². The van der Waals surface area contributed by atoms with Crippen molar-refractivity contribution in [1.29, 1.82) is 0 Å². The Balaban J connectivity index is 1.72. The Bertz CT molecular complexity index is 577. The number of nitrogens with one attached hydrogen (secondary N) is 2. The van der Waals surface area contributed by atoms with Gasteiger partial charge in [-0.1, -0.05) is 26.0 Å². The number of hydrogen-bond acceptors (Lipinski definition) is 3. The topological polar surface area (TPSA) is 64.6 Å². The van der Waals surface area contributed by atoms with Gasteiger partial charge in [0.2, 0.25) is 0 Å². The fraction of sp³-hybridized carbons (Fsp3) is 0.632. The highest BCUT2D eigenvalue weighted by atomic mass is 16.3. The van der Waals surface area contributed by atoms with E-state index in [2.05, 4.69) is 21.6 Å². The molecule has 1 heterocycles. The van der Waals surface area contributed by atoms with Crippen molar-refractivity contribution in [2.75, 3.05) is 23.4 Å². The second-order valence-corrected chi connectivity index (χ2v) is 7.23. The molecule has 2 bridgehead atoms. The van der Waals surface area contributed by atoms with E-state index in [0.29, 0.717) is 18.9 Å². The van der Waals surface area contributed by atoms with Gasteiger partial charge in [0, 0.05) is 12.6 Å². The number of anilines is 2. The van der Waals surface area contributed by atoms with Crippen molar-refractivity contribution in [3.8, 4) is 0 Å². The lowest BCUT2D eigenvalue weighted by Gasteiger charge is -2.33. The van der Waals surface area contributed by atoms with Crippen LogP contribution in [0.4, 0.5) is 16.2 Å². The van der Waals surface area contributed by atoms with Gasteiger partial charge in [-0.25, -0.2) is 4.79 Å². The molecule has 2 aliphatic rings. The third kappa shape index (κ3) is 3.22. The summed E-state index contributed by atoms with van der Waals surface area (Å²) in [6.45, 7) is 5.00. The van der Waals surface area contributed by atoms with Crippen molar-refractivity contribution < 1.29 is 9.90 Å². The number of nitrogens with zero attached hydrogens (tertiary/aromatic N) is 1. The van der Waals surface area contributed by atoms with E-state index in [1.165, 1.54) is 19.3 Å². The summed E-state index contributed by atoms with van der Waals surface area (Å²) >= 11 is 0. The van der Waals surface area contributed by atoms with Gasteiger partial charge in [0.25, 0.3) is 0 Å². The predicted octanol–water partition coefficient (Wildman–Crippen LogP) is 3.35. The van der Waals surface area contributed by atoms with Gasteiger partial charge in [-0.15, -0.1) is 0 Å². The Labute approximate surface area is 144 Å². The van der Waals surface area contributed by atoms with Gasteiger partial charge in [0.1, 0.15) is 0 Å². The van der Waals surface area contributed by atoms with E-state index in [-0.39, 0.29) is 12.6 Å². The summed E-state index contributed by atoms with van der Waals surface area (Å²) in [4.78, 5) is 14.9. The summed E-state index contributed by atoms with van der Waals surface area (Å²) in [7, 11) is 0. The molecular formula is C19H29N3O2. The van der Waals surface area contributed by atoms with E-state index in [9.17, 15) is 9.90 Å². The van der Waals surface area contributed by atoms with E-state index in [4.69, 9.17) is 0 Å². The number of urea groups is 1. The van der Waals surface area contributed by atoms with Gasteiger partial charge in [0.15, 0.2) is 0 Å². The Morgan fingerprint density at radius 3 is 2.62 bits per heavy atom. The molecule has 24 heavy (non-hydrogen) atoms. The maximum absolute atomic E-state index is 12.5. The number of hydrogen-bond donors (Lipinski definition) is 3. The molecule has 1 aliphatic heterocycles. The lowest BCUT2D eigenvalue weighted by molar-refractivity contribution is 0.155. The quantitative estimate of drug-likeness (QED) is 0.749. The van der Waals surface area contributed by atoms with E-state index < -0.39 is 5.54 Å². The third-order valence-corrected chi connectivity index (χ3v) is 5.91. The molecule has 5 nitrogen and oxygen atoms in total. The summed E-state index contributed by atoms with van der Waals surface area (Å²) in [5, 5.41) is 15.6. The van der Waals surface area contributed by atoms with Crippen molar-refractivity contribution in [1.82, 2.24) is 5.32 Å². The summed E-state index contributed by atoms with van der Waals surface area (Å²) < 4.78 is 0. The molecule has 3 rings (SSSR count). The largest absolute Gasteiger partial charge is 0.394 e. The molecule has 5 heteroatoms. The first kappa shape index (κ1) is 17.1.